The molecular weight excluding hydrogens is 236 g/mol. The lowest BCUT2D eigenvalue weighted by atomic mass is 10.1. The first kappa shape index (κ1) is 14.1. The van der Waals surface area contributed by atoms with E-state index in [4.69, 9.17) is 5.84 Å². The maximum atomic E-state index is 11.1. The molecule has 0 aromatic carbocycles. The van der Waals surface area contributed by atoms with Crippen LogP contribution in [0.15, 0.2) is 6.33 Å². The van der Waals surface area contributed by atoms with E-state index in [9.17, 15) is 10.1 Å². The molecule has 1 aromatic rings. The highest BCUT2D eigenvalue weighted by Crippen LogP contribution is 2.32. The zero-order chi connectivity index (χ0) is 13.9. The number of nitrogen functional groups attached to an aromatic ring is 1. The van der Waals surface area contributed by atoms with E-state index in [0.717, 1.165) is 0 Å². The van der Waals surface area contributed by atoms with Crippen molar-refractivity contribution in [2.45, 2.75) is 26.8 Å². The minimum Gasteiger partial charge on any atom is -0.351 e. The normalized spacial score (nSPS) is 12.3. The third kappa shape index (κ3) is 2.65. The Morgan fingerprint density at radius 1 is 1.44 bits per heavy atom. The number of nitrogens with two attached hydrogens (primary N) is 1. The third-order valence-electron chi connectivity index (χ3n) is 3.03. The molecule has 100 valence electrons. The highest BCUT2D eigenvalue weighted by atomic mass is 16.6. The maximum absolute atomic E-state index is 11.1. The molecule has 0 aliphatic heterocycles. The molecule has 0 aliphatic rings. The molecule has 0 saturated heterocycles. The van der Waals surface area contributed by atoms with E-state index in [1.165, 1.54) is 6.33 Å². The quantitative estimate of drug-likeness (QED) is 0.460. The van der Waals surface area contributed by atoms with Crippen LogP contribution in [0.3, 0.4) is 0 Å². The summed E-state index contributed by atoms with van der Waals surface area (Å²) in [6, 6.07) is 0.101. The molecule has 1 rings (SSSR count). The number of aromatic nitrogens is 2. The van der Waals surface area contributed by atoms with Crippen LogP contribution in [0, 0.1) is 16.0 Å². The van der Waals surface area contributed by atoms with Gasteiger partial charge in [-0.1, -0.05) is 13.8 Å². The summed E-state index contributed by atoms with van der Waals surface area (Å²) < 4.78 is 0. The average Bonchev–Trinajstić information content (AvgIpc) is 2.35. The molecule has 0 radical (unpaired) electrons. The molecule has 3 N–H and O–H groups in total. The Balaban J connectivity index is 3.27. The van der Waals surface area contributed by atoms with Crippen molar-refractivity contribution in [2.75, 3.05) is 17.4 Å². The number of nitrogens with zero attached hydrogens (tertiary/aromatic N) is 4. The Morgan fingerprint density at radius 3 is 2.50 bits per heavy atom. The molecular formula is C10H18N6O2. The molecule has 0 fully saturated rings. The Morgan fingerprint density at radius 2 is 2.06 bits per heavy atom. The number of nitrogens with one attached hydrogen (secondary N) is 1. The molecule has 1 atom stereocenters. The summed E-state index contributed by atoms with van der Waals surface area (Å²) in [4.78, 5) is 20.1. The average molecular weight is 254 g/mol. The zero-order valence-corrected chi connectivity index (χ0v) is 10.9. The fraction of sp³-hybridized carbons (Fsp3) is 0.600. The van der Waals surface area contributed by atoms with Gasteiger partial charge in [-0.2, -0.15) is 0 Å². The van der Waals surface area contributed by atoms with Crippen molar-refractivity contribution in [3.8, 4) is 0 Å². The van der Waals surface area contributed by atoms with E-state index in [0.29, 0.717) is 5.92 Å². The van der Waals surface area contributed by atoms with Gasteiger partial charge in [0.2, 0.25) is 11.6 Å². The van der Waals surface area contributed by atoms with Crippen molar-refractivity contribution in [1.29, 1.82) is 0 Å². The van der Waals surface area contributed by atoms with Crippen LogP contribution in [0.1, 0.15) is 20.8 Å². The zero-order valence-electron chi connectivity index (χ0n) is 10.9. The lowest BCUT2D eigenvalue weighted by molar-refractivity contribution is -0.383. The summed E-state index contributed by atoms with van der Waals surface area (Å²) >= 11 is 0. The SMILES string of the molecule is CC(C)C(C)N(C)c1ncnc(NN)c1[N+](=O)[O-]. The topological polar surface area (TPSA) is 110 Å². The number of hydrogen-bond donors (Lipinski definition) is 2. The van der Waals surface area contributed by atoms with Crippen LogP contribution in [-0.2, 0) is 0 Å². The van der Waals surface area contributed by atoms with Gasteiger partial charge in [0.15, 0.2) is 0 Å². The largest absolute Gasteiger partial charge is 0.354 e. The smallest absolute Gasteiger partial charge is 0.351 e. The number of rotatable bonds is 5. The third-order valence-corrected chi connectivity index (χ3v) is 3.03. The predicted molar refractivity (Wildman–Crippen MR) is 69.2 cm³/mol. The van der Waals surface area contributed by atoms with Crippen molar-refractivity contribution < 1.29 is 4.92 Å². The maximum Gasteiger partial charge on any atom is 0.354 e. The van der Waals surface area contributed by atoms with E-state index in [2.05, 4.69) is 15.4 Å². The van der Waals surface area contributed by atoms with Crippen molar-refractivity contribution in [2.24, 2.45) is 11.8 Å². The van der Waals surface area contributed by atoms with Crippen molar-refractivity contribution >= 4 is 17.3 Å². The minimum atomic E-state index is -0.534. The van der Waals surface area contributed by atoms with Crippen molar-refractivity contribution in [3.63, 3.8) is 0 Å². The first-order valence-corrected chi connectivity index (χ1v) is 5.59. The molecule has 18 heavy (non-hydrogen) atoms. The van der Waals surface area contributed by atoms with Gasteiger partial charge in [-0.15, -0.1) is 0 Å². The second-order valence-electron chi connectivity index (χ2n) is 4.39. The molecule has 1 unspecified atom stereocenters. The van der Waals surface area contributed by atoms with Gasteiger partial charge in [-0.3, -0.25) is 10.1 Å². The van der Waals surface area contributed by atoms with Crippen LogP contribution >= 0.6 is 0 Å². The van der Waals surface area contributed by atoms with Gasteiger partial charge < -0.3 is 10.3 Å². The standard InChI is InChI=1S/C10H18N6O2/c1-6(2)7(3)15(4)10-8(16(17)18)9(14-11)12-5-13-10/h5-7H,11H2,1-4H3,(H,12,13,14). The highest BCUT2D eigenvalue weighted by molar-refractivity contribution is 5.69. The van der Waals surface area contributed by atoms with Crippen molar-refractivity contribution in [1.82, 2.24) is 9.97 Å². The Labute approximate surface area is 105 Å². The van der Waals surface area contributed by atoms with Crippen LogP contribution in [0.2, 0.25) is 0 Å². The molecule has 0 aliphatic carbocycles. The van der Waals surface area contributed by atoms with Crippen LogP contribution < -0.4 is 16.2 Å². The Bertz CT molecular complexity index is 436. The molecule has 1 aromatic heterocycles. The van der Waals surface area contributed by atoms with Crippen LogP contribution in [0.5, 0.6) is 0 Å². The molecule has 0 saturated carbocycles. The monoisotopic (exact) mass is 254 g/mol. The minimum absolute atomic E-state index is 0.00723. The van der Waals surface area contributed by atoms with Gasteiger partial charge in [0, 0.05) is 13.1 Å². The van der Waals surface area contributed by atoms with Crippen LogP contribution in [0.25, 0.3) is 0 Å². The van der Waals surface area contributed by atoms with Crippen LogP contribution in [0.4, 0.5) is 17.3 Å². The van der Waals surface area contributed by atoms with E-state index < -0.39 is 4.92 Å². The summed E-state index contributed by atoms with van der Waals surface area (Å²) in [5.41, 5.74) is 2.01. The fourth-order valence-corrected chi connectivity index (χ4v) is 1.54. The highest BCUT2D eigenvalue weighted by Gasteiger charge is 2.27. The summed E-state index contributed by atoms with van der Waals surface area (Å²) in [5.74, 6) is 5.82. The summed E-state index contributed by atoms with van der Waals surface area (Å²) in [6.07, 6.45) is 1.25. The van der Waals surface area contributed by atoms with Gasteiger partial charge in [0.05, 0.1) is 4.92 Å². The molecule has 8 heteroatoms. The van der Waals surface area contributed by atoms with E-state index in [1.54, 1.807) is 11.9 Å². The fourth-order valence-electron chi connectivity index (χ4n) is 1.54. The Hall–Kier alpha value is -1.96. The first-order valence-electron chi connectivity index (χ1n) is 5.59. The number of nitro groups is 1. The summed E-state index contributed by atoms with van der Waals surface area (Å²) in [7, 11) is 1.76. The Kier molecular flexibility index (Phi) is 4.38. The molecule has 0 bridgehead atoms. The van der Waals surface area contributed by atoms with E-state index >= 15 is 0 Å². The molecule has 0 amide bonds. The number of anilines is 2. The van der Waals surface area contributed by atoms with Crippen molar-refractivity contribution in [3.05, 3.63) is 16.4 Å². The lowest BCUT2D eigenvalue weighted by Crippen LogP contribution is -2.34. The van der Waals surface area contributed by atoms with Gasteiger partial charge in [0.25, 0.3) is 0 Å². The van der Waals surface area contributed by atoms with Gasteiger partial charge in [-0.05, 0) is 12.8 Å². The summed E-state index contributed by atoms with van der Waals surface area (Å²) in [6.45, 7) is 6.05. The molecule has 8 nitrogen and oxygen atoms in total. The summed E-state index contributed by atoms with van der Waals surface area (Å²) in [5, 5.41) is 11.1. The second-order valence-corrected chi connectivity index (χ2v) is 4.39. The van der Waals surface area contributed by atoms with E-state index in [1.807, 2.05) is 20.8 Å². The number of hydrazine groups is 1. The van der Waals surface area contributed by atoms with Gasteiger partial charge in [-0.25, -0.2) is 15.8 Å². The molecule has 1 heterocycles. The van der Waals surface area contributed by atoms with Crippen LogP contribution in [-0.4, -0.2) is 28.0 Å². The van der Waals surface area contributed by atoms with Gasteiger partial charge >= 0.3 is 5.69 Å². The first-order chi connectivity index (χ1) is 8.40. The second kappa shape index (κ2) is 5.58. The van der Waals surface area contributed by atoms with E-state index in [-0.39, 0.29) is 23.4 Å². The number of hydrogen-bond acceptors (Lipinski definition) is 7. The van der Waals surface area contributed by atoms with Gasteiger partial charge in [0.1, 0.15) is 6.33 Å². The molecule has 0 spiro atoms. The lowest BCUT2D eigenvalue weighted by Gasteiger charge is -2.28. The predicted octanol–water partition coefficient (Wildman–Crippen LogP) is 1.15.